The Hall–Kier alpha value is -0.970. The predicted molar refractivity (Wildman–Crippen MR) is 89.8 cm³/mol. The van der Waals surface area contributed by atoms with E-state index in [-0.39, 0.29) is 0 Å². The Labute approximate surface area is 132 Å². The largest absolute Gasteiger partial charge is 0.457 e. The Morgan fingerprint density at radius 1 is 1.20 bits per heavy atom. The number of rotatable bonds is 4. The number of hydrogen-bond donors (Lipinski definition) is 1. The molecule has 2 N–H and O–H groups in total. The molecule has 0 unspecified atom stereocenters. The third-order valence-electron chi connectivity index (χ3n) is 3.15. The third kappa shape index (κ3) is 3.19. The molecule has 0 spiro atoms. The molecule has 0 bridgehead atoms. The molecule has 106 valence electrons. The van der Waals surface area contributed by atoms with E-state index in [1.807, 2.05) is 30.5 Å². The van der Waals surface area contributed by atoms with Crippen molar-refractivity contribution in [3.8, 4) is 11.5 Å². The van der Waals surface area contributed by atoms with Crippen LogP contribution < -0.4 is 10.5 Å². The number of thioether (sulfide) groups is 1. The molecular formula is C16H18BrNOS. The summed E-state index contributed by atoms with van der Waals surface area (Å²) in [6.45, 7) is 4.60. The molecule has 0 atom stereocenters. The van der Waals surface area contributed by atoms with Crippen LogP contribution in [0.15, 0.2) is 39.7 Å². The zero-order valence-electron chi connectivity index (χ0n) is 11.9. The maximum Gasteiger partial charge on any atom is 0.133 e. The molecule has 2 nitrogen and oxygen atoms in total. The molecule has 0 aliphatic rings. The van der Waals surface area contributed by atoms with Crippen LogP contribution in [0.5, 0.6) is 11.5 Å². The van der Waals surface area contributed by atoms with Crippen LogP contribution in [0.1, 0.15) is 16.7 Å². The van der Waals surface area contributed by atoms with Crippen LogP contribution in [-0.2, 0) is 6.54 Å². The van der Waals surface area contributed by atoms with Crippen molar-refractivity contribution < 1.29 is 4.74 Å². The van der Waals surface area contributed by atoms with E-state index >= 15 is 0 Å². The lowest BCUT2D eigenvalue weighted by Gasteiger charge is -2.14. The summed E-state index contributed by atoms with van der Waals surface area (Å²) < 4.78 is 7.17. The van der Waals surface area contributed by atoms with E-state index in [2.05, 4.69) is 35.8 Å². The second-order valence-corrected chi connectivity index (χ2v) is 6.26. The standard InChI is InChI=1S/C16H18BrNOS/c1-10-7-12(8-11(2)16(10)17)19-14-5-4-6-15(20-3)13(14)9-18/h4-8H,9,18H2,1-3H3. The van der Waals surface area contributed by atoms with Crippen LogP contribution >= 0.6 is 27.7 Å². The number of benzene rings is 2. The number of nitrogens with two attached hydrogens (primary N) is 1. The van der Waals surface area contributed by atoms with Crippen LogP contribution in [0.2, 0.25) is 0 Å². The van der Waals surface area contributed by atoms with Gasteiger partial charge >= 0.3 is 0 Å². The maximum absolute atomic E-state index is 6.05. The third-order valence-corrected chi connectivity index (χ3v) is 5.23. The highest BCUT2D eigenvalue weighted by Crippen LogP contribution is 2.34. The highest BCUT2D eigenvalue weighted by atomic mass is 79.9. The Kier molecular flexibility index (Phi) is 5.13. The number of ether oxygens (including phenoxy) is 1. The van der Waals surface area contributed by atoms with Gasteiger partial charge in [-0.25, -0.2) is 0 Å². The summed E-state index contributed by atoms with van der Waals surface area (Å²) in [5.41, 5.74) is 9.24. The maximum atomic E-state index is 6.05. The van der Waals surface area contributed by atoms with Crippen LogP contribution in [0, 0.1) is 13.8 Å². The van der Waals surface area contributed by atoms with Gasteiger partial charge in [0.15, 0.2) is 0 Å². The first-order valence-corrected chi connectivity index (χ1v) is 8.39. The predicted octanol–water partition coefficient (Wildman–Crippen LogP) is 5.04. The average Bonchev–Trinajstić information content (AvgIpc) is 2.44. The van der Waals surface area contributed by atoms with Crippen molar-refractivity contribution in [1.29, 1.82) is 0 Å². The first-order chi connectivity index (χ1) is 9.56. The Balaban J connectivity index is 2.40. The topological polar surface area (TPSA) is 35.2 Å². The van der Waals surface area contributed by atoms with Gasteiger partial charge in [-0.2, -0.15) is 0 Å². The first-order valence-electron chi connectivity index (χ1n) is 6.37. The molecule has 0 saturated heterocycles. The molecule has 20 heavy (non-hydrogen) atoms. The molecule has 0 amide bonds. The summed E-state index contributed by atoms with van der Waals surface area (Å²) in [5.74, 6) is 1.68. The minimum absolute atomic E-state index is 0.473. The molecule has 0 radical (unpaired) electrons. The van der Waals surface area contributed by atoms with Gasteiger partial charge in [0.05, 0.1) is 0 Å². The fourth-order valence-corrected chi connectivity index (χ4v) is 3.00. The zero-order chi connectivity index (χ0) is 14.7. The molecule has 0 aromatic heterocycles. The molecule has 0 heterocycles. The molecule has 0 aliphatic heterocycles. The van der Waals surface area contributed by atoms with E-state index in [0.717, 1.165) is 37.6 Å². The summed E-state index contributed by atoms with van der Waals surface area (Å²) in [6.07, 6.45) is 2.05. The monoisotopic (exact) mass is 351 g/mol. The second-order valence-electron chi connectivity index (χ2n) is 4.61. The first kappa shape index (κ1) is 15.4. The highest BCUT2D eigenvalue weighted by molar-refractivity contribution is 9.10. The van der Waals surface area contributed by atoms with Crippen molar-refractivity contribution in [1.82, 2.24) is 0 Å². The molecular weight excluding hydrogens is 334 g/mol. The molecule has 4 heteroatoms. The van der Waals surface area contributed by atoms with Crippen molar-refractivity contribution >= 4 is 27.7 Å². The summed E-state index contributed by atoms with van der Waals surface area (Å²) in [4.78, 5) is 1.16. The molecule has 2 aromatic rings. The average molecular weight is 352 g/mol. The van der Waals surface area contributed by atoms with Gasteiger partial charge in [-0.1, -0.05) is 22.0 Å². The van der Waals surface area contributed by atoms with Gasteiger partial charge in [0.1, 0.15) is 11.5 Å². The van der Waals surface area contributed by atoms with Crippen molar-refractivity contribution in [2.45, 2.75) is 25.3 Å². The molecule has 2 rings (SSSR count). The summed E-state index contributed by atoms with van der Waals surface area (Å²) in [5, 5.41) is 0. The van der Waals surface area contributed by atoms with E-state index in [1.54, 1.807) is 11.8 Å². The summed E-state index contributed by atoms with van der Waals surface area (Å²) >= 11 is 5.26. The number of hydrogen-bond acceptors (Lipinski definition) is 3. The number of aryl methyl sites for hydroxylation is 2. The lowest BCUT2D eigenvalue weighted by molar-refractivity contribution is 0.473. The Morgan fingerprint density at radius 2 is 1.85 bits per heavy atom. The van der Waals surface area contributed by atoms with Crippen molar-refractivity contribution in [3.63, 3.8) is 0 Å². The van der Waals surface area contributed by atoms with Gasteiger partial charge < -0.3 is 10.5 Å². The minimum atomic E-state index is 0.473. The van der Waals surface area contributed by atoms with Crippen LogP contribution in [0.4, 0.5) is 0 Å². The van der Waals surface area contributed by atoms with Crippen LogP contribution in [0.3, 0.4) is 0 Å². The second kappa shape index (κ2) is 6.66. The Morgan fingerprint density at radius 3 is 2.40 bits per heavy atom. The van der Waals surface area contributed by atoms with Gasteiger partial charge in [-0.3, -0.25) is 0 Å². The summed E-state index contributed by atoms with van der Waals surface area (Å²) in [6, 6.07) is 10.1. The fourth-order valence-electron chi connectivity index (χ4n) is 2.13. The zero-order valence-corrected chi connectivity index (χ0v) is 14.3. The fraction of sp³-hybridized carbons (Fsp3) is 0.250. The number of halogens is 1. The van der Waals surface area contributed by atoms with Crippen molar-refractivity contribution in [3.05, 3.63) is 51.5 Å². The molecule has 0 saturated carbocycles. The van der Waals surface area contributed by atoms with Gasteiger partial charge in [-0.05, 0) is 55.5 Å². The van der Waals surface area contributed by atoms with Crippen LogP contribution in [-0.4, -0.2) is 6.26 Å². The quantitative estimate of drug-likeness (QED) is 0.783. The van der Waals surface area contributed by atoms with Crippen LogP contribution in [0.25, 0.3) is 0 Å². The van der Waals surface area contributed by atoms with E-state index in [4.69, 9.17) is 10.5 Å². The van der Waals surface area contributed by atoms with Crippen molar-refractivity contribution in [2.24, 2.45) is 5.73 Å². The van der Waals surface area contributed by atoms with Gasteiger partial charge in [0.25, 0.3) is 0 Å². The molecule has 0 aliphatic carbocycles. The van der Waals surface area contributed by atoms with Gasteiger partial charge in [0.2, 0.25) is 0 Å². The van der Waals surface area contributed by atoms with Gasteiger partial charge in [0, 0.05) is 21.5 Å². The van der Waals surface area contributed by atoms with E-state index in [1.165, 1.54) is 0 Å². The van der Waals surface area contributed by atoms with E-state index in [0.29, 0.717) is 6.54 Å². The summed E-state index contributed by atoms with van der Waals surface area (Å²) in [7, 11) is 0. The lowest BCUT2D eigenvalue weighted by atomic mass is 10.1. The normalized spacial score (nSPS) is 10.7. The lowest BCUT2D eigenvalue weighted by Crippen LogP contribution is -2.01. The van der Waals surface area contributed by atoms with Gasteiger partial charge in [-0.15, -0.1) is 11.8 Å². The minimum Gasteiger partial charge on any atom is -0.457 e. The Bertz CT molecular complexity index is 605. The molecule has 2 aromatic carbocycles. The van der Waals surface area contributed by atoms with E-state index in [9.17, 15) is 0 Å². The molecule has 0 fully saturated rings. The van der Waals surface area contributed by atoms with Crippen molar-refractivity contribution in [2.75, 3.05) is 6.26 Å². The smallest absolute Gasteiger partial charge is 0.133 e. The highest BCUT2D eigenvalue weighted by Gasteiger charge is 2.10. The van der Waals surface area contributed by atoms with E-state index < -0.39 is 0 Å². The SMILES string of the molecule is CSc1cccc(Oc2cc(C)c(Br)c(C)c2)c1CN.